The summed E-state index contributed by atoms with van der Waals surface area (Å²) in [5.41, 5.74) is 6.12. The van der Waals surface area contributed by atoms with Gasteiger partial charge in [-0.15, -0.1) is 11.3 Å². The molecule has 0 saturated heterocycles. The molecule has 14 heavy (non-hydrogen) atoms. The second-order valence-corrected chi connectivity index (χ2v) is 5.08. The first kappa shape index (κ1) is 11.7. The van der Waals surface area contributed by atoms with Crippen LogP contribution in [0.1, 0.15) is 38.0 Å². The molecule has 0 spiro atoms. The van der Waals surface area contributed by atoms with E-state index in [1.165, 1.54) is 17.7 Å². The van der Waals surface area contributed by atoms with Gasteiger partial charge in [0.25, 0.3) is 0 Å². The molecule has 0 aromatic carbocycles. The average Bonchev–Trinajstić information content (AvgIpc) is 2.67. The fourth-order valence-electron chi connectivity index (χ4n) is 1.72. The van der Waals surface area contributed by atoms with Crippen LogP contribution in [0.15, 0.2) is 17.5 Å². The summed E-state index contributed by atoms with van der Waals surface area (Å²) in [4.78, 5) is 1.46. The first-order chi connectivity index (χ1) is 6.74. The minimum Gasteiger partial charge on any atom is -0.327 e. The lowest BCUT2D eigenvalue weighted by atomic mass is 9.94. The monoisotopic (exact) mass is 211 g/mol. The van der Waals surface area contributed by atoms with E-state index in [0.29, 0.717) is 12.0 Å². The molecule has 1 rings (SSSR count). The van der Waals surface area contributed by atoms with Crippen LogP contribution in [0, 0.1) is 5.92 Å². The zero-order valence-electron chi connectivity index (χ0n) is 9.20. The molecule has 2 atom stereocenters. The van der Waals surface area contributed by atoms with Crippen LogP contribution in [-0.4, -0.2) is 6.04 Å². The van der Waals surface area contributed by atoms with Gasteiger partial charge < -0.3 is 5.73 Å². The maximum absolute atomic E-state index is 6.12. The highest BCUT2D eigenvalue weighted by molar-refractivity contribution is 7.09. The van der Waals surface area contributed by atoms with Gasteiger partial charge in [0.05, 0.1) is 0 Å². The molecule has 2 unspecified atom stereocenters. The number of hydrogen-bond acceptors (Lipinski definition) is 2. The van der Waals surface area contributed by atoms with Gasteiger partial charge in [0.1, 0.15) is 0 Å². The second-order valence-electron chi connectivity index (χ2n) is 4.05. The summed E-state index contributed by atoms with van der Waals surface area (Å²) in [6.07, 6.45) is 4.77. The molecular formula is C12H21NS. The molecule has 1 nitrogen and oxygen atoms in total. The van der Waals surface area contributed by atoms with Crippen LogP contribution in [0.5, 0.6) is 0 Å². The van der Waals surface area contributed by atoms with E-state index in [4.69, 9.17) is 5.73 Å². The highest BCUT2D eigenvalue weighted by atomic mass is 32.1. The third-order valence-corrected chi connectivity index (χ3v) is 3.72. The molecule has 0 radical (unpaired) electrons. The zero-order valence-corrected chi connectivity index (χ0v) is 10.0. The third kappa shape index (κ3) is 3.81. The Labute approximate surface area is 91.3 Å². The minimum atomic E-state index is 0.372. The van der Waals surface area contributed by atoms with Crippen molar-refractivity contribution in [2.24, 2.45) is 11.7 Å². The summed E-state index contributed by atoms with van der Waals surface area (Å²) < 4.78 is 0. The van der Waals surface area contributed by atoms with Gasteiger partial charge in [0, 0.05) is 10.9 Å². The van der Waals surface area contributed by atoms with Crippen LogP contribution in [0.4, 0.5) is 0 Å². The van der Waals surface area contributed by atoms with Crippen molar-refractivity contribution < 1.29 is 0 Å². The van der Waals surface area contributed by atoms with Gasteiger partial charge in [-0.05, 0) is 36.6 Å². The third-order valence-electron chi connectivity index (χ3n) is 2.78. The molecule has 0 aliphatic rings. The summed E-state index contributed by atoms with van der Waals surface area (Å²) in [7, 11) is 0. The van der Waals surface area contributed by atoms with Crippen molar-refractivity contribution in [3.05, 3.63) is 22.4 Å². The Balaban J connectivity index is 2.24. The predicted molar refractivity (Wildman–Crippen MR) is 64.7 cm³/mol. The maximum atomic E-state index is 6.12. The summed E-state index contributed by atoms with van der Waals surface area (Å²) >= 11 is 1.83. The molecule has 0 aliphatic heterocycles. The SMILES string of the molecule is CCCC(C)C(N)CCc1cccs1. The Kier molecular flexibility index (Phi) is 5.20. The van der Waals surface area contributed by atoms with Crippen molar-refractivity contribution in [2.75, 3.05) is 0 Å². The molecule has 1 heterocycles. The van der Waals surface area contributed by atoms with Gasteiger partial charge in [-0.1, -0.05) is 26.3 Å². The van der Waals surface area contributed by atoms with Crippen molar-refractivity contribution in [2.45, 2.75) is 45.6 Å². The smallest absolute Gasteiger partial charge is 0.00679 e. The van der Waals surface area contributed by atoms with Gasteiger partial charge in [0.2, 0.25) is 0 Å². The molecule has 0 saturated carbocycles. The Morgan fingerprint density at radius 1 is 1.43 bits per heavy atom. The normalized spacial score (nSPS) is 15.4. The van der Waals surface area contributed by atoms with E-state index in [0.717, 1.165) is 12.8 Å². The van der Waals surface area contributed by atoms with Crippen LogP contribution in [-0.2, 0) is 6.42 Å². The first-order valence-electron chi connectivity index (χ1n) is 5.52. The lowest BCUT2D eigenvalue weighted by Gasteiger charge is -2.18. The van der Waals surface area contributed by atoms with Crippen molar-refractivity contribution in [3.63, 3.8) is 0 Å². The van der Waals surface area contributed by atoms with Crippen LogP contribution in [0.25, 0.3) is 0 Å². The summed E-state index contributed by atoms with van der Waals surface area (Å²) in [5, 5.41) is 2.14. The molecule has 2 heteroatoms. The van der Waals surface area contributed by atoms with Gasteiger partial charge >= 0.3 is 0 Å². The molecule has 1 aromatic rings. The minimum absolute atomic E-state index is 0.372. The van der Waals surface area contributed by atoms with Gasteiger partial charge in [-0.25, -0.2) is 0 Å². The highest BCUT2D eigenvalue weighted by Crippen LogP contribution is 2.16. The largest absolute Gasteiger partial charge is 0.327 e. The van der Waals surface area contributed by atoms with Crippen molar-refractivity contribution >= 4 is 11.3 Å². The Morgan fingerprint density at radius 3 is 2.79 bits per heavy atom. The fourth-order valence-corrected chi connectivity index (χ4v) is 2.44. The predicted octanol–water partition coefficient (Wildman–Crippen LogP) is 3.44. The highest BCUT2D eigenvalue weighted by Gasteiger charge is 2.11. The number of nitrogens with two attached hydrogens (primary N) is 1. The molecule has 0 amide bonds. The molecule has 0 aliphatic carbocycles. The first-order valence-corrected chi connectivity index (χ1v) is 6.40. The van der Waals surface area contributed by atoms with Crippen LogP contribution >= 0.6 is 11.3 Å². The quantitative estimate of drug-likeness (QED) is 0.766. The van der Waals surface area contributed by atoms with Crippen LogP contribution in [0.3, 0.4) is 0 Å². The van der Waals surface area contributed by atoms with Gasteiger partial charge in [-0.2, -0.15) is 0 Å². The van der Waals surface area contributed by atoms with Crippen molar-refractivity contribution in [3.8, 4) is 0 Å². The molecular weight excluding hydrogens is 190 g/mol. The van der Waals surface area contributed by atoms with E-state index in [1.54, 1.807) is 0 Å². The van der Waals surface area contributed by atoms with E-state index in [2.05, 4.69) is 31.4 Å². The van der Waals surface area contributed by atoms with E-state index in [-0.39, 0.29) is 0 Å². The maximum Gasteiger partial charge on any atom is 0.00679 e. The van der Waals surface area contributed by atoms with E-state index >= 15 is 0 Å². The Morgan fingerprint density at radius 2 is 2.21 bits per heavy atom. The number of hydrogen-bond donors (Lipinski definition) is 1. The number of aryl methyl sites for hydroxylation is 1. The molecule has 80 valence electrons. The Bertz CT molecular complexity index is 230. The van der Waals surface area contributed by atoms with Crippen LogP contribution < -0.4 is 5.73 Å². The van der Waals surface area contributed by atoms with E-state index < -0.39 is 0 Å². The topological polar surface area (TPSA) is 26.0 Å². The molecule has 0 fully saturated rings. The number of rotatable bonds is 6. The van der Waals surface area contributed by atoms with E-state index in [9.17, 15) is 0 Å². The summed E-state index contributed by atoms with van der Waals surface area (Å²) in [6.45, 7) is 4.49. The number of thiophene rings is 1. The zero-order chi connectivity index (χ0) is 10.4. The molecule has 1 aromatic heterocycles. The lowest BCUT2D eigenvalue weighted by Crippen LogP contribution is -2.28. The van der Waals surface area contributed by atoms with E-state index in [1.807, 2.05) is 11.3 Å². The Hall–Kier alpha value is -0.340. The van der Waals surface area contributed by atoms with Crippen molar-refractivity contribution in [1.82, 2.24) is 0 Å². The summed E-state index contributed by atoms with van der Waals surface area (Å²) in [5.74, 6) is 0.667. The molecule has 0 bridgehead atoms. The van der Waals surface area contributed by atoms with Crippen LogP contribution in [0.2, 0.25) is 0 Å². The standard InChI is InChI=1S/C12H21NS/c1-3-5-10(2)12(13)8-7-11-6-4-9-14-11/h4,6,9-10,12H,3,5,7-8,13H2,1-2H3. The van der Waals surface area contributed by atoms with Gasteiger partial charge in [0.15, 0.2) is 0 Å². The van der Waals surface area contributed by atoms with Crippen molar-refractivity contribution in [1.29, 1.82) is 0 Å². The lowest BCUT2D eigenvalue weighted by molar-refractivity contribution is 0.403. The summed E-state index contributed by atoms with van der Waals surface area (Å²) in [6, 6.07) is 4.68. The second kappa shape index (κ2) is 6.20. The van der Waals surface area contributed by atoms with Gasteiger partial charge in [-0.3, -0.25) is 0 Å². The average molecular weight is 211 g/mol. The fraction of sp³-hybridized carbons (Fsp3) is 0.667. The molecule has 2 N–H and O–H groups in total.